The molecule has 38 heavy (non-hydrogen) atoms. The molecule has 1 saturated carbocycles. The van der Waals surface area contributed by atoms with Crippen LogP contribution < -0.4 is 9.62 Å². The van der Waals surface area contributed by atoms with Crippen LogP contribution in [-0.4, -0.2) is 62.2 Å². The van der Waals surface area contributed by atoms with Crippen molar-refractivity contribution in [2.75, 3.05) is 24.9 Å². The van der Waals surface area contributed by atoms with Gasteiger partial charge in [-0.1, -0.05) is 61.2 Å². The number of carbonyl (C=O) groups is 2. The Hall–Kier alpha value is -2.62. The summed E-state index contributed by atoms with van der Waals surface area (Å²) in [5.74, 6) is -0.756. The van der Waals surface area contributed by atoms with Crippen molar-refractivity contribution in [3.63, 3.8) is 0 Å². The second kappa shape index (κ2) is 13.0. The average molecular weight is 563 g/mol. The lowest BCUT2D eigenvalue weighted by Gasteiger charge is -2.34. The standard InChI is InChI=1S/C28H39ClN4O4S/c1-20-15-16-21(2)26(17-20)33(38(36,37)31(4)5)19-27(34)32(18-23-11-9-10-14-25(23)29)22(3)28(35)30-24-12-7-6-8-13-24/h9-11,14-17,22,24H,6-8,12-13,18-19H2,1-5H3,(H,30,35). The molecule has 1 N–H and O–H groups in total. The minimum Gasteiger partial charge on any atom is -0.352 e. The number of aryl methyl sites for hydroxylation is 2. The number of anilines is 1. The fourth-order valence-electron chi connectivity index (χ4n) is 4.65. The van der Waals surface area contributed by atoms with Gasteiger partial charge in [-0.3, -0.25) is 9.59 Å². The summed E-state index contributed by atoms with van der Waals surface area (Å²) in [5.41, 5.74) is 2.68. The number of halogens is 1. The Labute approximate surface area is 232 Å². The predicted octanol–water partition coefficient (Wildman–Crippen LogP) is 4.44. The molecular formula is C28H39ClN4O4S. The minimum absolute atomic E-state index is 0.0699. The Morgan fingerprint density at radius 3 is 2.34 bits per heavy atom. The molecule has 1 aliphatic rings. The topological polar surface area (TPSA) is 90.0 Å². The lowest BCUT2D eigenvalue weighted by atomic mass is 9.95. The molecule has 3 rings (SSSR count). The summed E-state index contributed by atoms with van der Waals surface area (Å²) >= 11 is 6.42. The number of rotatable bonds is 10. The summed E-state index contributed by atoms with van der Waals surface area (Å²) in [6, 6.07) is 11.9. The summed E-state index contributed by atoms with van der Waals surface area (Å²) in [6.45, 7) is 4.96. The predicted molar refractivity (Wildman–Crippen MR) is 152 cm³/mol. The maximum absolute atomic E-state index is 13.9. The molecule has 0 aliphatic heterocycles. The van der Waals surface area contributed by atoms with Crippen LogP contribution in [0.25, 0.3) is 0 Å². The Bertz CT molecular complexity index is 1250. The summed E-state index contributed by atoms with van der Waals surface area (Å²) < 4.78 is 29.0. The Balaban J connectivity index is 1.96. The third kappa shape index (κ3) is 7.27. The lowest BCUT2D eigenvalue weighted by molar-refractivity contribution is -0.139. The Morgan fingerprint density at radius 1 is 1.05 bits per heavy atom. The summed E-state index contributed by atoms with van der Waals surface area (Å²) in [5, 5.41) is 3.57. The third-order valence-corrected chi connectivity index (χ3v) is 9.24. The van der Waals surface area contributed by atoms with Gasteiger partial charge in [0.2, 0.25) is 11.8 Å². The van der Waals surface area contributed by atoms with E-state index in [4.69, 9.17) is 11.6 Å². The van der Waals surface area contributed by atoms with Crippen LogP contribution in [0.5, 0.6) is 0 Å². The van der Waals surface area contributed by atoms with E-state index in [1.54, 1.807) is 38.1 Å². The highest BCUT2D eigenvalue weighted by Crippen LogP contribution is 2.27. The van der Waals surface area contributed by atoms with E-state index in [0.717, 1.165) is 51.8 Å². The zero-order valence-electron chi connectivity index (χ0n) is 22.9. The van der Waals surface area contributed by atoms with Crippen LogP contribution in [0.15, 0.2) is 42.5 Å². The minimum atomic E-state index is -4.02. The van der Waals surface area contributed by atoms with E-state index >= 15 is 0 Å². The van der Waals surface area contributed by atoms with Gasteiger partial charge in [-0.05, 0) is 62.4 Å². The SMILES string of the molecule is Cc1ccc(C)c(N(CC(=O)N(Cc2ccccc2Cl)C(C)C(=O)NC2CCCCC2)S(=O)(=O)N(C)C)c1. The van der Waals surface area contributed by atoms with Gasteiger partial charge in [-0.2, -0.15) is 12.7 Å². The van der Waals surface area contributed by atoms with Crippen molar-refractivity contribution in [3.05, 3.63) is 64.2 Å². The van der Waals surface area contributed by atoms with E-state index in [-0.39, 0.29) is 18.5 Å². The molecule has 0 saturated heterocycles. The third-order valence-electron chi connectivity index (χ3n) is 7.07. The number of hydrogen-bond donors (Lipinski definition) is 1. The fraction of sp³-hybridized carbons (Fsp3) is 0.500. The zero-order valence-corrected chi connectivity index (χ0v) is 24.5. The summed E-state index contributed by atoms with van der Waals surface area (Å²) in [6.07, 6.45) is 5.12. The first-order chi connectivity index (χ1) is 17.9. The van der Waals surface area contributed by atoms with Crippen LogP contribution in [0.3, 0.4) is 0 Å². The molecule has 2 amide bonds. The van der Waals surface area contributed by atoms with Crippen LogP contribution >= 0.6 is 11.6 Å². The smallest absolute Gasteiger partial charge is 0.304 e. The lowest BCUT2D eigenvalue weighted by Crippen LogP contribution is -2.53. The fourth-order valence-corrected chi connectivity index (χ4v) is 5.96. The molecule has 0 aromatic heterocycles. The Kier molecular flexibility index (Phi) is 10.2. The molecule has 1 unspecified atom stereocenters. The molecule has 2 aromatic rings. The van der Waals surface area contributed by atoms with E-state index in [0.29, 0.717) is 16.3 Å². The van der Waals surface area contributed by atoms with Gasteiger partial charge >= 0.3 is 10.2 Å². The van der Waals surface area contributed by atoms with Crippen molar-refractivity contribution in [2.24, 2.45) is 0 Å². The molecule has 10 heteroatoms. The number of nitrogens with one attached hydrogen (secondary N) is 1. The van der Waals surface area contributed by atoms with Crippen molar-refractivity contribution in [2.45, 2.75) is 71.5 Å². The van der Waals surface area contributed by atoms with E-state index in [2.05, 4.69) is 5.32 Å². The first kappa shape index (κ1) is 29.9. The van der Waals surface area contributed by atoms with E-state index < -0.39 is 28.7 Å². The first-order valence-electron chi connectivity index (χ1n) is 13.0. The normalized spacial score (nSPS) is 15.2. The molecule has 0 bridgehead atoms. The monoisotopic (exact) mass is 562 g/mol. The van der Waals surface area contributed by atoms with Gasteiger partial charge in [0, 0.05) is 31.7 Å². The average Bonchev–Trinajstić information content (AvgIpc) is 2.88. The maximum atomic E-state index is 13.9. The van der Waals surface area contributed by atoms with Gasteiger partial charge in [0.05, 0.1) is 5.69 Å². The number of benzene rings is 2. The van der Waals surface area contributed by atoms with Crippen LogP contribution in [0, 0.1) is 13.8 Å². The molecule has 8 nitrogen and oxygen atoms in total. The first-order valence-corrected chi connectivity index (χ1v) is 14.8. The molecule has 0 radical (unpaired) electrons. The largest absolute Gasteiger partial charge is 0.352 e. The van der Waals surface area contributed by atoms with Gasteiger partial charge in [0.25, 0.3) is 0 Å². The van der Waals surface area contributed by atoms with Crippen molar-refractivity contribution in [1.29, 1.82) is 0 Å². The molecule has 1 atom stereocenters. The molecule has 208 valence electrons. The van der Waals surface area contributed by atoms with Crippen molar-refractivity contribution in [3.8, 4) is 0 Å². The second-order valence-electron chi connectivity index (χ2n) is 10.2. The molecule has 1 aliphatic carbocycles. The molecule has 0 spiro atoms. The molecule has 0 heterocycles. The van der Waals surface area contributed by atoms with Crippen LogP contribution in [0.4, 0.5) is 5.69 Å². The maximum Gasteiger partial charge on any atom is 0.304 e. The zero-order chi connectivity index (χ0) is 28.0. The summed E-state index contributed by atoms with van der Waals surface area (Å²) in [7, 11) is -1.16. The van der Waals surface area contributed by atoms with Crippen molar-refractivity contribution < 1.29 is 18.0 Å². The highest BCUT2D eigenvalue weighted by atomic mass is 35.5. The number of carbonyl (C=O) groups excluding carboxylic acids is 2. The number of amides is 2. The number of hydrogen-bond acceptors (Lipinski definition) is 4. The van der Waals surface area contributed by atoms with Crippen LogP contribution in [-0.2, 0) is 26.3 Å². The Morgan fingerprint density at radius 2 is 1.71 bits per heavy atom. The van der Waals surface area contributed by atoms with Gasteiger partial charge in [0.15, 0.2) is 0 Å². The van der Waals surface area contributed by atoms with Gasteiger partial charge in [-0.25, -0.2) is 4.31 Å². The van der Waals surface area contributed by atoms with Crippen molar-refractivity contribution >= 4 is 39.3 Å². The van der Waals surface area contributed by atoms with Gasteiger partial charge in [-0.15, -0.1) is 0 Å². The van der Waals surface area contributed by atoms with Crippen LogP contribution in [0.1, 0.15) is 55.7 Å². The van der Waals surface area contributed by atoms with Gasteiger partial charge in [0.1, 0.15) is 12.6 Å². The summed E-state index contributed by atoms with van der Waals surface area (Å²) in [4.78, 5) is 28.7. The van der Waals surface area contributed by atoms with Gasteiger partial charge < -0.3 is 10.2 Å². The van der Waals surface area contributed by atoms with E-state index in [1.807, 2.05) is 25.1 Å². The molecule has 1 fully saturated rings. The quantitative estimate of drug-likeness (QED) is 0.464. The van der Waals surface area contributed by atoms with E-state index in [9.17, 15) is 18.0 Å². The highest BCUT2D eigenvalue weighted by Gasteiger charge is 2.34. The van der Waals surface area contributed by atoms with Crippen LogP contribution in [0.2, 0.25) is 5.02 Å². The second-order valence-corrected chi connectivity index (χ2v) is 12.7. The van der Waals surface area contributed by atoms with E-state index in [1.165, 1.54) is 19.0 Å². The molecule has 2 aromatic carbocycles. The van der Waals surface area contributed by atoms with Crippen molar-refractivity contribution in [1.82, 2.24) is 14.5 Å². The molecular weight excluding hydrogens is 524 g/mol. The highest BCUT2D eigenvalue weighted by molar-refractivity contribution is 7.90. The number of nitrogens with zero attached hydrogens (tertiary/aromatic N) is 3.